The minimum atomic E-state index is -0.232. The molecule has 2 aromatic heterocycles. The van der Waals surface area contributed by atoms with E-state index in [-0.39, 0.29) is 11.7 Å². The molecular formula is C21H23FN4O2. The number of amides is 1. The Morgan fingerprint density at radius 3 is 3.00 bits per heavy atom. The average Bonchev–Trinajstić information content (AvgIpc) is 3.21. The maximum Gasteiger partial charge on any atom is 0.255 e. The number of carbonyl (C=O) groups is 1. The number of aromatic nitrogens is 2. The van der Waals surface area contributed by atoms with Gasteiger partial charge < -0.3 is 9.73 Å². The fraction of sp³-hybridized carbons (Fsp3) is 0.333. The molecule has 3 aromatic rings. The Morgan fingerprint density at radius 2 is 2.25 bits per heavy atom. The van der Waals surface area contributed by atoms with Gasteiger partial charge in [0, 0.05) is 49.4 Å². The summed E-state index contributed by atoms with van der Waals surface area (Å²) in [5, 5.41) is 9.81. The van der Waals surface area contributed by atoms with Crippen molar-refractivity contribution in [3.05, 3.63) is 75.7 Å². The summed E-state index contributed by atoms with van der Waals surface area (Å²) in [7, 11) is 0. The highest BCUT2D eigenvalue weighted by molar-refractivity contribution is 5.97. The maximum atomic E-state index is 13.5. The van der Waals surface area contributed by atoms with Gasteiger partial charge in [0.15, 0.2) is 0 Å². The number of hydrogen-bond donors (Lipinski definition) is 2. The number of nitrogens with zero attached hydrogens (tertiary/aromatic N) is 2. The maximum absolute atomic E-state index is 13.5. The zero-order chi connectivity index (χ0) is 19.7. The van der Waals surface area contributed by atoms with Crippen molar-refractivity contribution >= 4 is 5.91 Å². The van der Waals surface area contributed by atoms with E-state index in [1.54, 1.807) is 18.3 Å². The summed E-state index contributed by atoms with van der Waals surface area (Å²) in [4.78, 5) is 15.1. The van der Waals surface area contributed by atoms with E-state index in [1.165, 1.54) is 6.07 Å². The standard InChI is InChI=1S/C21H23FN4O2/c1-13-16(10-24-25-13)9-23-21(27)20-14(2)28-19-6-7-26(12-18(19)20)11-15-4-3-5-17(22)8-15/h3-5,8,10H,6-7,9,11-12H2,1-2H3,(H,23,27)(H,24,25). The second kappa shape index (κ2) is 7.59. The number of fused-ring (bicyclic) bond motifs is 1. The van der Waals surface area contributed by atoms with E-state index >= 15 is 0 Å². The van der Waals surface area contributed by atoms with Gasteiger partial charge in [0.05, 0.1) is 11.8 Å². The largest absolute Gasteiger partial charge is 0.465 e. The normalized spacial score (nSPS) is 14.1. The van der Waals surface area contributed by atoms with Crippen LogP contribution < -0.4 is 5.32 Å². The number of benzene rings is 1. The van der Waals surface area contributed by atoms with Crippen LogP contribution in [0.15, 0.2) is 34.9 Å². The minimum Gasteiger partial charge on any atom is -0.465 e. The smallest absolute Gasteiger partial charge is 0.255 e. The van der Waals surface area contributed by atoms with Crippen molar-refractivity contribution in [2.75, 3.05) is 6.54 Å². The molecule has 0 saturated heterocycles. The molecule has 0 saturated carbocycles. The third-order valence-corrected chi connectivity index (χ3v) is 5.20. The van der Waals surface area contributed by atoms with Gasteiger partial charge in [-0.25, -0.2) is 4.39 Å². The topological polar surface area (TPSA) is 74.2 Å². The van der Waals surface area contributed by atoms with Gasteiger partial charge in [-0.2, -0.15) is 5.10 Å². The lowest BCUT2D eigenvalue weighted by atomic mass is 10.0. The van der Waals surface area contributed by atoms with Crippen LogP contribution in [0.4, 0.5) is 4.39 Å². The summed E-state index contributed by atoms with van der Waals surface area (Å²) in [6.07, 6.45) is 2.45. The van der Waals surface area contributed by atoms with Gasteiger partial charge in [0.25, 0.3) is 5.91 Å². The van der Waals surface area contributed by atoms with E-state index in [0.717, 1.165) is 41.1 Å². The third kappa shape index (κ3) is 3.71. The monoisotopic (exact) mass is 382 g/mol. The summed E-state index contributed by atoms with van der Waals surface area (Å²) in [6.45, 7) is 6.21. The van der Waals surface area contributed by atoms with Crippen molar-refractivity contribution in [3.8, 4) is 0 Å². The number of halogens is 1. The van der Waals surface area contributed by atoms with Crippen LogP contribution in [-0.4, -0.2) is 27.5 Å². The molecule has 7 heteroatoms. The third-order valence-electron chi connectivity index (χ3n) is 5.20. The van der Waals surface area contributed by atoms with E-state index < -0.39 is 0 Å². The molecule has 2 N–H and O–H groups in total. The molecule has 146 valence electrons. The molecule has 0 bridgehead atoms. The predicted molar refractivity (Wildman–Crippen MR) is 102 cm³/mol. The molecule has 0 radical (unpaired) electrons. The number of furan rings is 1. The molecule has 3 heterocycles. The van der Waals surface area contributed by atoms with Gasteiger partial charge in [0.1, 0.15) is 17.3 Å². The van der Waals surface area contributed by atoms with Crippen LogP contribution in [0.2, 0.25) is 0 Å². The van der Waals surface area contributed by atoms with E-state index in [9.17, 15) is 9.18 Å². The lowest BCUT2D eigenvalue weighted by Gasteiger charge is -2.26. The SMILES string of the molecule is Cc1[nH]ncc1CNC(=O)c1c(C)oc2c1CN(Cc1cccc(F)c1)CC2. The number of H-pyrrole nitrogens is 1. The highest BCUT2D eigenvalue weighted by Gasteiger charge is 2.28. The number of hydrogen-bond acceptors (Lipinski definition) is 4. The molecule has 1 aliphatic rings. The molecule has 0 atom stereocenters. The lowest BCUT2D eigenvalue weighted by Crippen LogP contribution is -2.32. The van der Waals surface area contributed by atoms with E-state index in [1.807, 2.05) is 19.9 Å². The Bertz CT molecular complexity index is 1010. The van der Waals surface area contributed by atoms with Crippen molar-refractivity contribution in [2.45, 2.75) is 39.9 Å². The van der Waals surface area contributed by atoms with Crippen molar-refractivity contribution in [3.63, 3.8) is 0 Å². The second-order valence-corrected chi connectivity index (χ2v) is 7.23. The van der Waals surface area contributed by atoms with Crippen molar-refractivity contribution in [1.82, 2.24) is 20.4 Å². The molecule has 0 spiro atoms. The summed E-state index contributed by atoms with van der Waals surface area (Å²) in [5.41, 5.74) is 4.36. The molecule has 0 fully saturated rings. The van der Waals surface area contributed by atoms with Crippen LogP contribution in [0.3, 0.4) is 0 Å². The van der Waals surface area contributed by atoms with Gasteiger partial charge in [-0.3, -0.25) is 14.8 Å². The second-order valence-electron chi connectivity index (χ2n) is 7.23. The average molecular weight is 382 g/mol. The first-order valence-electron chi connectivity index (χ1n) is 9.36. The fourth-order valence-electron chi connectivity index (χ4n) is 3.72. The minimum absolute atomic E-state index is 0.143. The number of aromatic amines is 1. The van der Waals surface area contributed by atoms with Gasteiger partial charge in [-0.15, -0.1) is 0 Å². The first-order chi connectivity index (χ1) is 13.5. The number of rotatable bonds is 5. The van der Waals surface area contributed by atoms with Crippen molar-refractivity contribution in [2.24, 2.45) is 0 Å². The Kier molecular flexibility index (Phi) is 5.00. The van der Waals surface area contributed by atoms with Crippen LogP contribution in [0.1, 0.15) is 44.3 Å². The lowest BCUT2D eigenvalue weighted by molar-refractivity contribution is 0.0947. The van der Waals surface area contributed by atoms with Crippen LogP contribution in [0, 0.1) is 19.7 Å². The molecule has 0 unspecified atom stereocenters. The van der Waals surface area contributed by atoms with Crippen LogP contribution in [-0.2, 0) is 26.1 Å². The van der Waals surface area contributed by atoms with E-state index in [0.29, 0.717) is 31.0 Å². The molecule has 4 rings (SSSR count). The molecule has 1 aromatic carbocycles. The Labute approximate surface area is 162 Å². The summed E-state index contributed by atoms with van der Waals surface area (Å²) in [6, 6.07) is 6.64. The highest BCUT2D eigenvalue weighted by Crippen LogP contribution is 2.29. The molecular weight excluding hydrogens is 359 g/mol. The Hall–Kier alpha value is -2.93. The summed E-state index contributed by atoms with van der Waals surface area (Å²) in [5.74, 6) is 1.14. The fourth-order valence-corrected chi connectivity index (χ4v) is 3.72. The number of carbonyl (C=O) groups excluding carboxylic acids is 1. The van der Waals surface area contributed by atoms with Gasteiger partial charge in [-0.05, 0) is 31.5 Å². The van der Waals surface area contributed by atoms with Crippen molar-refractivity contribution < 1.29 is 13.6 Å². The van der Waals surface area contributed by atoms with Crippen molar-refractivity contribution in [1.29, 1.82) is 0 Å². The first kappa shape index (κ1) is 18.4. The molecule has 28 heavy (non-hydrogen) atoms. The summed E-state index contributed by atoms with van der Waals surface area (Å²) >= 11 is 0. The zero-order valence-corrected chi connectivity index (χ0v) is 16.0. The van der Waals surface area contributed by atoms with Gasteiger partial charge in [-0.1, -0.05) is 12.1 Å². The zero-order valence-electron chi connectivity index (χ0n) is 16.0. The van der Waals surface area contributed by atoms with Gasteiger partial charge in [0.2, 0.25) is 0 Å². The highest BCUT2D eigenvalue weighted by atomic mass is 19.1. The first-order valence-corrected chi connectivity index (χ1v) is 9.36. The van der Waals surface area contributed by atoms with Crippen LogP contribution >= 0.6 is 0 Å². The number of aryl methyl sites for hydroxylation is 2. The Morgan fingerprint density at radius 1 is 1.39 bits per heavy atom. The van der Waals surface area contributed by atoms with Crippen LogP contribution in [0.25, 0.3) is 0 Å². The predicted octanol–water partition coefficient (Wildman–Crippen LogP) is 3.25. The van der Waals surface area contributed by atoms with Crippen LogP contribution in [0.5, 0.6) is 0 Å². The van der Waals surface area contributed by atoms with E-state index in [4.69, 9.17) is 4.42 Å². The molecule has 1 amide bonds. The summed E-state index contributed by atoms with van der Waals surface area (Å²) < 4.78 is 19.3. The quantitative estimate of drug-likeness (QED) is 0.710. The molecule has 1 aliphatic heterocycles. The van der Waals surface area contributed by atoms with Gasteiger partial charge >= 0.3 is 0 Å². The number of nitrogens with one attached hydrogen (secondary N) is 2. The molecule has 6 nitrogen and oxygen atoms in total. The molecule has 0 aliphatic carbocycles. The van der Waals surface area contributed by atoms with E-state index in [2.05, 4.69) is 20.4 Å². The Balaban J connectivity index is 1.49.